The van der Waals surface area contributed by atoms with Gasteiger partial charge in [-0.05, 0) is 37.5 Å². The topological polar surface area (TPSA) is 64.4 Å². The highest BCUT2D eigenvalue weighted by molar-refractivity contribution is 5.92. The molecule has 2 aliphatic rings. The molecule has 2 heterocycles. The molecule has 1 amide bonds. The van der Waals surface area contributed by atoms with Crippen LogP contribution in [0.4, 0.5) is 0 Å². The van der Waals surface area contributed by atoms with E-state index in [9.17, 15) is 9.59 Å². The van der Waals surface area contributed by atoms with Gasteiger partial charge < -0.3 is 9.64 Å². The lowest BCUT2D eigenvalue weighted by Gasteiger charge is -2.25. The van der Waals surface area contributed by atoms with Crippen molar-refractivity contribution in [2.75, 3.05) is 19.8 Å². The minimum absolute atomic E-state index is 0.0981. The van der Waals surface area contributed by atoms with Crippen LogP contribution in [0.3, 0.4) is 0 Å². The van der Waals surface area contributed by atoms with E-state index in [0.29, 0.717) is 36.5 Å². The zero-order valence-electron chi connectivity index (χ0n) is 14.0. The summed E-state index contributed by atoms with van der Waals surface area (Å²) in [7, 11) is 0. The van der Waals surface area contributed by atoms with Crippen LogP contribution in [0.2, 0.25) is 0 Å². The van der Waals surface area contributed by atoms with E-state index < -0.39 is 0 Å². The Labute approximate surface area is 146 Å². The molecule has 6 heteroatoms. The van der Waals surface area contributed by atoms with Crippen LogP contribution in [0, 0.1) is 5.92 Å². The summed E-state index contributed by atoms with van der Waals surface area (Å²) < 4.78 is 6.73. The van der Waals surface area contributed by atoms with Gasteiger partial charge in [-0.2, -0.15) is 9.78 Å². The van der Waals surface area contributed by atoms with E-state index >= 15 is 0 Å². The third kappa shape index (κ3) is 3.49. The quantitative estimate of drug-likeness (QED) is 0.834. The summed E-state index contributed by atoms with van der Waals surface area (Å²) in [5.41, 5.74) is 0.725. The van der Waals surface area contributed by atoms with Gasteiger partial charge in [0.2, 0.25) is 0 Å². The summed E-state index contributed by atoms with van der Waals surface area (Å²) in [5.74, 6) is 0.295. The Morgan fingerprint density at radius 1 is 1.16 bits per heavy atom. The van der Waals surface area contributed by atoms with E-state index in [2.05, 4.69) is 5.10 Å². The molecule has 1 saturated heterocycles. The Morgan fingerprint density at radius 3 is 2.64 bits per heavy atom. The van der Waals surface area contributed by atoms with Gasteiger partial charge in [0.05, 0.1) is 12.3 Å². The molecule has 0 radical (unpaired) electrons. The molecule has 1 aromatic heterocycles. The average molecular weight is 339 g/mol. The molecular formula is C19H21N3O3. The number of hydrogen-bond acceptors (Lipinski definition) is 4. The number of carbonyl (C=O) groups is 1. The van der Waals surface area contributed by atoms with Crippen LogP contribution in [0.25, 0.3) is 5.69 Å². The first-order valence-corrected chi connectivity index (χ1v) is 8.77. The van der Waals surface area contributed by atoms with E-state index in [0.717, 1.165) is 25.9 Å². The predicted molar refractivity (Wildman–Crippen MR) is 92.8 cm³/mol. The fraction of sp³-hybridized carbons (Fsp3) is 0.421. The average Bonchev–Trinajstić information content (AvgIpc) is 3.36. The molecule has 2 fully saturated rings. The van der Waals surface area contributed by atoms with E-state index in [1.807, 2.05) is 23.1 Å². The highest BCUT2D eigenvalue weighted by Gasteiger charge is 2.35. The number of ether oxygens (including phenoxy) is 1. The Balaban J connectivity index is 1.61. The van der Waals surface area contributed by atoms with Crippen molar-refractivity contribution >= 4 is 5.91 Å². The molecule has 4 rings (SSSR count). The minimum atomic E-state index is -0.245. The van der Waals surface area contributed by atoms with E-state index in [-0.39, 0.29) is 11.5 Å². The van der Waals surface area contributed by atoms with Crippen LogP contribution >= 0.6 is 0 Å². The van der Waals surface area contributed by atoms with Gasteiger partial charge in [-0.25, -0.2) is 0 Å². The van der Waals surface area contributed by atoms with Gasteiger partial charge in [0.25, 0.3) is 11.5 Å². The molecule has 1 saturated carbocycles. The van der Waals surface area contributed by atoms with E-state index in [1.165, 1.54) is 16.8 Å². The Bertz CT molecular complexity index is 808. The molecule has 1 aliphatic carbocycles. The third-order valence-electron chi connectivity index (χ3n) is 4.75. The highest BCUT2D eigenvalue weighted by atomic mass is 16.5. The second-order valence-electron chi connectivity index (χ2n) is 6.72. The monoisotopic (exact) mass is 339 g/mol. The predicted octanol–water partition coefficient (Wildman–Crippen LogP) is 1.87. The van der Waals surface area contributed by atoms with E-state index in [4.69, 9.17) is 4.74 Å². The van der Waals surface area contributed by atoms with Gasteiger partial charge in [0.15, 0.2) is 0 Å². The lowest BCUT2D eigenvalue weighted by molar-refractivity contribution is 0.0698. The van der Waals surface area contributed by atoms with Gasteiger partial charge >= 0.3 is 0 Å². The normalized spacial score (nSPS) is 19.8. The zero-order valence-corrected chi connectivity index (χ0v) is 14.0. The maximum Gasteiger partial charge on any atom is 0.274 e. The largest absolute Gasteiger partial charge is 0.381 e. The number of hydrogen-bond donors (Lipinski definition) is 0. The molecule has 1 atom stereocenters. The maximum atomic E-state index is 13.0. The van der Waals surface area contributed by atoms with Gasteiger partial charge in [0, 0.05) is 31.2 Å². The summed E-state index contributed by atoms with van der Waals surface area (Å²) in [5, 5.41) is 4.33. The number of aromatic nitrogens is 2. The Hall–Kier alpha value is -2.47. The summed E-state index contributed by atoms with van der Waals surface area (Å²) in [4.78, 5) is 27.1. The summed E-state index contributed by atoms with van der Waals surface area (Å²) in [6, 6.07) is 12.4. The van der Waals surface area contributed by atoms with Crippen LogP contribution in [-0.4, -0.2) is 46.4 Å². The van der Waals surface area contributed by atoms with Crippen LogP contribution in [0.1, 0.15) is 29.8 Å². The van der Waals surface area contributed by atoms with Crippen molar-refractivity contribution in [1.82, 2.24) is 14.7 Å². The number of benzene rings is 1. The number of amides is 1. The van der Waals surface area contributed by atoms with E-state index in [1.54, 1.807) is 12.1 Å². The molecule has 2 aromatic rings. The van der Waals surface area contributed by atoms with Gasteiger partial charge in [0.1, 0.15) is 5.69 Å². The maximum absolute atomic E-state index is 13.0. The van der Waals surface area contributed by atoms with Crippen LogP contribution in [-0.2, 0) is 4.74 Å². The summed E-state index contributed by atoms with van der Waals surface area (Å²) in [6.45, 7) is 2.19. The number of carbonyl (C=O) groups excluding carboxylic acids is 1. The molecule has 130 valence electrons. The fourth-order valence-electron chi connectivity index (χ4n) is 3.22. The minimum Gasteiger partial charge on any atom is -0.381 e. The first-order chi connectivity index (χ1) is 12.2. The molecule has 1 unspecified atom stereocenters. The second-order valence-corrected chi connectivity index (χ2v) is 6.72. The molecule has 1 aromatic carbocycles. The van der Waals surface area contributed by atoms with Crippen molar-refractivity contribution in [3.63, 3.8) is 0 Å². The Kier molecular flexibility index (Phi) is 4.36. The second kappa shape index (κ2) is 6.80. The molecule has 1 aliphatic heterocycles. The van der Waals surface area contributed by atoms with Crippen molar-refractivity contribution in [3.8, 4) is 5.69 Å². The van der Waals surface area contributed by atoms with Gasteiger partial charge in [-0.15, -0.1) is 0 Å². The molecular weight excluding hydrogens is 318 g/mol. The van der Waals surface area contributed by atoms with Crippen molar-refractivity contribution in [2.45, 2.75) is 25.3 Å². The van der Waals surface area contributed by atoms with Crippen molar-refractivity contribution < 1.29 is 9.53 Å². The zero-order chi connectivity index (χ0) is 17.2. The summed E-state index contributed by atoms with van der Waals surface area (Å²) in [6.07, 6.45) is 3.07. The standard InChI is InChI=1S/C19H21N3O3/c23-18-9-8-17(20-22(18)16-4-2-1-3-5-16)19(24)21(15-6-7-15)12-14-10-11-25-13-14/h1-5,8-9,14-15H,6-7,10-13H2. The third-order valence-corrected chi connectivity index (χ3v) is 4.75. The molecule has 6 nitrogen and oxygen atoms in total. The Morgan fingerprint density at radius 2 is 1.96 bits per heavy atom. The van der Waals surface area contributed by atoms with Crippen molar-refractivity contribution in [3.05, 3.63) is 58.5 Å². The molecule has 25 heavy (non-hydrogen) atoms. The smallest absolute Gasteiger partial charge is 0.274 e. The lowest BCUT2D eigenvalue weighted by Crippen LogP contribution is -2.38. The van der Waals surface area contributed by atoms with Gasteiger partial charge in [-0.1, -0.05) is 18.2 Å². The van der Waals surface area contributed by atoms with Crippen LogP contribution in [0.15, 0.2) is 47.3 Å². The van der Waals surface area contributed by atoms with Crippen molar-refractivity contribution in [2.24, 2.45) is 5.92 Å². The molecule has 0 bridgehead atoms. The fourth-order valence-corrected chi connectivity index (χ4v) is 3.22. The first kappa shape index (κ1) is 16.0. The van der Waals surface area contributed by atoms with Crippen LogP contribution in [0.5, 0.6) is 0 Å². The molecule has 0 N–H and O–H groups in total. The SMILES string of the molecule is O=C(c1ccc(=O)n(-c2ccccc2)n1)N(CC1CCOC1)C1CC1. The number of rotatable bonds is 5. The number of para-hydroxylation sites is 1. The summed E-state index contributed by atoms with van der Waals surface area (Å²) >= 11 is 0. The van der Waals surface area contributed by atoms with Crippen LogP contribution < -0.4 is 5.56 Å². The first-order valence-electron chi connectivity index (χ1n) is 8.77. The lowest BCUT2D eigenvalue weighted by atomic mass is 10.1. The highest BCUT2D eigenvalue weighted by Crippen LogP contribution is 2.30. The number of nitrogens with zero attached hydrogens (tertiary/aromatic N) is 3. The van der Waals surface area contributed by atoms with Crippen molar-refractivity contribution in [1.29, 1.82) is 0 Å². The van der Waals surface area contributed by atoms with Gasteiger partial charge in [-0.3, -0.25) is 9.59 Å². The molecule has 0 spiro atoms.